The number of rotatable bonds is 3. The molecule has 84 valence electrons. The van der Waals surface area contributed by atoms with Gasteiger partial charge in [0.05, 0.1) is 0 Å². The van der Waals surface area contributed by atoms with Gasteiger partial charge >= 0.3 is 7.60 Å². The fraction of sp³-hybridized carbons (Fsp3) is 0.167. The van der Waals surface area contributed by atoms with Gasteiger partial charge in [0.15, 0.2) is 0 Å². The normalized spacial score (nSPS) is 11.1. The summed E-state index contributed by atoms with van der Waals surface area (Å²) in [6, 6.07) is 9.52. The van der Waals surface area contributed by atoms with Crippen molar-refractivity contribution in [1.82, 2.24) is 0 Å². The molecule has 0 amide bonds. The Bertz CT molecular complexity index is 446. The van der Waals surface area contributed by atoms with E-state index in [0.717, 1.165) is 5.56 Å². The Labute approximate surface area is 95.6 Å². The van der Waals surface area contributed by atoms with E-state index in [-0.39, 0.29) is 0 Å². The number of benzene rings is 1. The molecule has 0 saturated heterocycles. The molecular formula is C12H13O3P. The molecular weight excluding hydrogens is 223 g/mol. The monoisotopic (exact) mass is 236 g/mol. The molecule has 0 saturated carbocycles. The molecule has 1 aromatic rings. The van der Waals surface area contributed by atoms with Crippen LogP contribution in [-0.2, 0) is 13.6 Å². The second-order valence-electron chi connectivity index (χ2n) is 2.86. The van der Waals surface area contributed by atoms with Gasteiger partial charge < -0.3 is 9.05 Å². The SMILES string of the molecule is COP(=O)(/C=C/C#Cc1ccccc1)OC. The average molecular weight is 236 g/mol. The van der Waals surface area contributed by atoms with Gasteiger partial charge in [0.25, 0.3) is 0 Å². The van der Waals surface area contributed by atoms with Crippen LogP contribution in [0.4, 0.5) is 0 Å². The van der Waals surface area contributed by atoms with Gasteiger partial charge in [-0.1, -0.05) is 30.0 Å². The lowest BCUT2D eigenvalue weighted by atomic mass is 10.2. The molecule has 0 aliphatic rings. The van der Waals surface area contributed by atoms with Crippen molar-refractivity contribution in [2.75, 3.05) is 14.2 Å². The summed E-state index contributed by atoms with van der Waals surface area (Å²) >= 11 is 0. The quantitative estimate of drug-likeness (QED) is 0.597. The third kappa shape index (κ3) is 4.04. The summed E-state index contributed by atoms with van der Waals surface area (Å²) in [7, 11) is -0.420. The van der Waals surface area contributed by atoms with Crippen molar-refractivity contribution in [3.05, 3.63) is 47.8 Å². The summed E-state index contributed by atoms with van der Waals surface area (Å²) in [6.07, 6.45) is 1.47. The zero-order valence-electron chi connectivity index (χ0n) is 9.21. The Morgan fingerprint density at radius 3 is 2.38 bits per heavy atom. The Kier molecular flexibility index (Phi) is 5.01. The minimum Gasteiger partial charge on any atom is -0.309 e. The van der Waals surface area contributed by atoms with E-state index in [9.17, 15) is 4.57 Å². The van der Waals surface area contributed by atoms with Crippen molar-refractivity contribution in [2.24, 2.45) is 0 Å². The van der Waals surface area contributed by atoms with Crippen LogP contribution in [0, 0.1) is 11.8 Å². The minimum absolute atomic E-state index is 0.900. The first-order chi connectivity index (χ1) is 7.70. The Morgan fingerprint density at radius 1 is 1.19 bits per heavy atom. The Hall–Kier alpha value is -1.33. The van der Waals surface area contributed by atoms with E-state index in [1.807, 2.05) is 30.3 Å². The highest BCUT2D eigenvalue weighted by atomic mass is 31.2. The van der Waals surface area contributed by atoms with E-state index in [1.165, 1.54) is 26.1 Å². The predicted molar refractivity (Wildman–Crippen MR) is 64.1 cm³/mol. The van der Waals surface area contributed by atoms with Crippen LogP contribution in [-0.4, -0.2) is 14.2 Å². The first-order valence-corrected chi connectivity index (χ1v) is 6.27. The van der Waals surface area contributed by atoms with E-state index >= 15 is 0 Å². The van der Waals surface area contributed by atoms with E-state index in [2.05, 4.69) is 11.8 Å². The Balaban J connectivity index is 2.68. The summed E-state index contributed by atoms with van der Waals surface area (Å²) < 4.78 is 21.0. The first-order valence-electron chi connectivity index (χ1n) is 4.66. The highest BCUT2D eigenvalue weighted by Gasteiger charge is 2.14. The molecule has 3 nitrogen and oxygen atoms in total. The molecule has 16 heavy (non-hydrogen) atoms. The zero-order valence-corrected chi connectivity index (χ0v) is 10.1. The highest BCUT2D eigenvalue weighted by molar-refractivity contribution is 7.57. The molecule has 0 radical (unpaired) electrons. The third-order valence-electron chi connectivity index (χ3n) is 1.84. The van der Waals surface area contributed by atoms with Crippen LogP contribution in [0.2, 0.25) is 0 Å². The van der Waals surface area contributed by atoms with Crippen molar-refractivity contribution < 1.29 is 13.6 Å². The molecule has 0 heterocycles. The summed E-state index contributed by atoms with van der Waals surface area (Å²) in [5.74, 6) is 7.00. The van der Waals surface area contributed by atoms with E-state index in [0.29, 0.717) is 0 Å². The van der Waals surface area contributed by atoms with Gasteiger partial charge in [-0.05, 0) is 18.2 Å². The van der Waals surface area contributed by atoms with Gasteiger partial charge in [-0.25, -0.2) is 0 Å². The van der Waals surface area contributed by atoms with Crippen LogP contribution >= 0.6 is 7.60 Å². The van der Waals surface area contributed by atoms with Crippen molar-refractivity contribution in [2.45, 2.75) is 0 Å². The maximum absolute atomic E-state index is 11.6. The van der Waals surface area contributed by atoms with Crippen LogP contribution in [0.15, 0.2) is 42.2 Å². The van der Waals surface area contributed by atoms with Crippen LogP contribution < -0.4 is 0 Å². The maximum atomic E-state index is 11.6. The van der Waals surface area contributed by atoms with Crippen molar-refractivity contribution >= 4 is 7.60 Å². The maximum Gasteiger partial charge on any atom is 0.354 e. The van der Waals surface area contributed by atoms with Gasteiger partial charge in [-0.3, -0.25) is 4.57 Å². The molecule has 0 atom stereocenters. The predicted octanol–water partition coefficient (Wildman–Crippen LogP) is 3.04. The van der Waals surface area contributed by atoms with Gasteiger partial charge in [-0.15, -0.1) is 0 Å². The molecule has 0 spiro atoms. The van der Waals surface area contributed by atoms with Gasteiger partial charge in [0.1, 0.15) is 0 Å². The number of hydrogen-bond acceptors (Lipinski definition) is 3. The zero-order chi connectivity index (χ0) is 11.9. The Morgan fingerprint density at radius 2 is 1.81 bits per heavy atom. The van der Waals surface area contributed by atoms with Gasteiger partial charge in [-0.2, -0.15) is 0 Å². The lowest BCUT2D eigenvalue weighted by Crippen LogP contribution is -1.82. The number of hydrogen-bond donors (Lipinski definition) is 0. The van der Waals surface area contributed by atoms with E-state index in [4.69, 9.17) is 9.05 Å². The molecule has 0 aliphatic heterocycles. The lowest BCUT2D eigenvalue weighted by molar-refractivity contribution is 0.286. The topological polar surface area (TPSA) is 35.5 Å². The van der Waals surface area contributed by atoms with Crippen LogP contribution in [0.3, 0.4) is 0 Å². The summed E-state index contributed by atoms with van der Waals surface area (Å²) in [4.78, 5) is 0. The smallest absolute Gasteiger partial charge is 0.309 e. The summed E-state index contributed by atoms with van der Waals surface area (Å²) in [6.45, 7) is 0. The average Bonchev–Trinajstić information content (AvgIpc) is 2.36. The van der Waals surface area contributed by atoms with E-state index < -0.39 is 7.60 Å². The molecule has 0 unspecified atom stereocenters. The molecule has 0 aromatic heterocycles. The van der Waals surface area contributed by atoms with Crippen molar-refractivity contribution in [1.29, 1.82) is 0 Å². The molecule has 0 bridgehead atoms. The van der Waals surface area contributed by atoms with Gasteiger partial charge in [0, 0.05) is 25.6 Å². The van der Waals surface area contributed by atoms with Gasteiger partial charge in [0.2, 0.25) is 0 Å². The largest absolute Gasteiger partial charge is 0.354 e. The molecule has 0 aliphatic carbocycles. The molecule has 1 aromatic carbocycles. The van der Waals surface area contributed by atoms with Crippen molar-refractivity contribution in [3.8, 4) is 11.8 Å². The first kappa shape index (κ1) is 12.7. The standard InChI is InChI=1S/C12H13O3P/c1-14-16(13,15-2)11-7-6-10-12-8-4-3-5-9-12/h3-5,7-9,11H,1-2H3/b11-7+. The minimum atomic E-state index is -3.09. The summed E-state index contributed by atoms with van der Waals surface area (Å²) in [5.41, 5.74) is 0.900. The lowest BCUT2D eigenvalue weighted by Gasteiger charge is -2.06. The highest BCUT2D eigenvalue weighted by Crippen LogP contribution is 2.47. The second kappa shape index (κ2) is 6.30. The third-order valence-corrected chi connectivity index (χ3v) is 3.37. The number of allylic oxidation sites excluding steroid dienone is 1. The fourth-order valence-corrected chi connectivity index (χ4v) is 1.62. The molecule has 0 N–H and O–H groups in total. The second-order valence-corrected chi connectivity index (χ2v) is 4.96. The van der Waals surface area contributed by atoms with Crippen LogP contribution in [0.1, 0.15) is 5.56 Å². The molecule has 4 heteroatoms. The molecule has 1 rings (SSSR count). The van der Waals surface area contributed by atoms with Crippen LogP contribution in [0.5, 0.6) is 0 Å². The van der Waals surface area contributed by atoms with E-state index in [1.54, 1.807) is 0 Å². The van der Waals surface area contributed by atoms with Crippen LogP contribution in [0.25, 0.3) is 0 Å². The summed E-state index contributed by atoms with van der Waals surface area (Å²) in [5, 5.41) is 0. The molecule has 0 fully saturated rings. The fourth-order valence-electron chi connectivity index (χ4n) is 0.971. The van der Waals surface area contributed by atoms with Crippen molar-refractivity contribution in [3.63, 3.8) is 0 Å².